The van der Waals surface area contributed by atoms with Gasteiger partial charge in [-0.05, 0) is 29.3 Å². The van der Waals surface area contributed by atoms with E-state index in [1.54, 1.807) is 62.6 Å². The number of ether oxygens (including phenoxy) is 2. The molecule has 2 atom stereocenters. The van der Waals surface area contributed by atoms with Crippen LogP contribution in [-0.2, 0) is 14.3 Å². The molecule has 1 aliphatic heterocycles. The van der Waals surface area contributed by atoms with Gasteiger partial charge in [-0.25, -0.2) is 0 Å². The monoisotopic (exact) mass is 425 g/mol. The summed E-state index contributed by atoms with van der Waals surface area (Å²) in [6.45, 7) is 0.597. The number of hydrogen-bond acceptors (Lipinski definition) is 5. The van der Waals surface area contributed by atoms with Crippen LogP contribution >= 0.6 is 0 Å². The first kappa shape index (κ1) is 22.3. The molecule has 1 heterocycles. The minimum Gasteiger partial charge on any atom is -0.497 e. The van der Waals surface area contributed by atoms with Crippen molar-refractivity contribution in [1.29, 1.82) is 0 Å². The van der Waals surface area contributed by atoms with Crippen molar-refractivity contribution in [3.8, 4) is 5.75 Å². The molecule has 0 unspecified atom stereocenters. The summed E-state index contributed by atoms with van der Waals surface area (Å²) in [5.41, 5.74) is 1.93. The van der Waals surface area contributed by atoms with Gasteiger partial charge in [0.05, 0.1) is 32.2 Å². The quantitative estimate of drug-likeness (QED) is 0.625. The van der Waals surface area contributed by atoms with Gasteiger partial charge in [-0.15, -0.1) is 0 Å². The largest absolute Gasteiger partial charge is 0.497 e. The molecule has 0 saturated carbocycles. The average molecular weight is 425 g/mol. The highest BCUT2D eigenvalue weighted by molar-refractivity contribution is 6.01. The molecule has 1 aliphatic rings. The van der Waals surface area contributed by atoms with Gasteiger partial charge >= 0.3 is 0 Å². The molecule has 2 aromatic carbocycles. The van der Waals surface area contributed by atoms with E-state index in [-0.39, 0.29) is 24.3 Å². The van der Waals surface area contributed by atoms with Gasteiger partial charge in [0, 0.05) is 26.3 Å². The highest BCUT2D eigenvalue weighted by atomic mass is 16.5. The number of methoxy groups -OCH3 is 2. The van der Waals surface area contributed by atoms with Gasteiger partial charge in [-0.2, -0.15) is 0 Å². The number of nitrogens with one attached hydrogen (secondary N) is 2. The summed E-state index contributed by atoms with van der Waals surface area (Å²) >= 11 is 0. The Kier molecular flexibility index (Phi) is 7.25. The molecule has 0 aromatic heterocycles. The fraction of sp³-hybridized carbons (Fsp3) is 0.348. The van der Waals surface area contributed by atoms with E-state index >= 15 is 0 Å². The maximum Gasteiger partial charge on any atom is 0.254 e. The molecule has 8 heteroatoms. The van der Waals surface area contributed by atoms with E-state index < -0.39 is 12.0 Å². The van der Waals surface area contributed by atoms with Crippen molar-refractivity contribution in [2.24, 2.45) is 0 Å². The van der Waals surface area contributed by atoms with Crippen LogP contribution in [0, 0.1) is 0 Å². The zero-order valence-electron chi connectivity index (χ0n) is 17.9. The van der Waals surface area contributed by atoms with Crippen molar-refractivity contribution in [2.75, 3.05) is 41.0 Å². The maximum atomic E-state index is 13.3. The van der Waals surface area contributed by atoms with Gasteiger partial charge in [0.1, 0.15) is 5.75 Å². The van der Waals surface area contributed by atoms with Crippen LogP contribution in [0.1, 0.15) is 33.4 Å². The lowest BCUT2D eigenvalue weighted by atomic mass is 9.79. The summed E-state index contributed by atoms with van der Waals surface area (Å²) in [7, 11) is 4.81. The smallest absolute Gasteiger partial charge is 0.254 e. The lowest BCUT2D eigenvalue weighted by Gasteiger charge is -2.39. The van der Waals surface area contributed by atoms with Crippen molar-refractivity contribution in [1.82, 2.24) is 15.5 Å². The number of carbonyl (C=O) groups is 3. The van der Waals surface area contributed by atoms with Crippen LogP contribution in [-0.4, -0.2) is 63.6 Å². The van der Waals surface area contributed by atoms with Gasteiger partial charge in [0.25, 0.3) is 5.91 Å². The Balaban J connectivity index is 1.89. The van der Waals surface area contributed by atoms with Crippen molar-refractivity contribution in [2.45, 2.75) is 12.0 Å². The predicted octanol–water partition coefficient (Wildman–Crippen LogP) is 1.48. The molecule has 0 saturated heterocycles. The van der Waals surface area contributed by atoms with Gasteiger partial charge in [0.2, 0.25) is 11.8 Å². The fourth-order valence-corrected chi connectivity index (χ4v) is 3.81. The van der Waals surface area contributed by atoms with Gasteiger partial charge < -0.3 is 25.0 Å². The van der Waals surface area contributed by atoms with E-state index in [4.69, 9.17) is 9.47 Å². The van der Waals surface area contributed by atoms with Crippen molar-refractivity contribution < 1.29 is 23.9 Å². The number of hydrogen-bond donors (Lipinski definition) is 2. The zero-order chi connectivity index (χ0) is 22.4. The minimum absolute atomic E-state index is 0.155. The summed E-state index contributed by atoms with van der Waals surface area (Å²) in [4.78, 5) is 39.9. The first-order valence-electron chi connectivity index (χ1n) is 10.0. The Labute approximate surface area is 181 Å². The van der Waals surface area contributed by atoms with Gasteiger partial charge in [0.15, 0.2) is 0 Å². The van der Waals surface area contributed by atoms with Crippen molar-refractivity contribution in [3.05, 3.63) is 65.2 Å². The van der Waals surface area contributed by atoms with Crippen LogP contribution in [0.15, 0.2) is 48.5 Å². The first-order valence-corrected chi connectivity index (χ1v) is 10.0. The third-order valence-corrected chi connectivity index (χ3v) is 5.37. The van der Waals surface area contributed by atoms with Crippen molar-refractivity contribution >= 4 is 17.7 Å². The molecule has 0 radical (unpaired) electrons. The Morgan fingerprint density at radius 3 is 2.42 bits per heavy atom. The molecule has 3 amide bonds. The normalized spacial score (nSPS) is 17.6. The molecule has 2 N–H and O–H groups in total. The summed E-state index contributed by atoms with van der Waals surface area (Å²) in [5, 5.41) is 5.40. The summed E-state index contributed by atoms with van der Waals surface area (Å²) in [5.74, 6) is -0.769. The van der Waals surface area contributed by atoms with E-state index in [0.717, 1.165) is 5.56 Å². The molecule has 3 rings (SSSR count). The number of nitrogens with zero attached hydrogens (tertiary/aromatic N) is 1. The third-order valence-electron chi connectivity index (χ3n) is 5.37. The predicted molar refractivity (Wildman–Crippen MR) is 115 cm³/mol. The SMILES string of the molecule is COCCNC(=O)CNC(=O)[C@@H]1c2ccccc2C(=O)N(C)[C@@H]1c1ccc(OC)cc1. The number of amides is 3. The number of rotatable bonds is 8. The Hall–Kier alpha value is -3.39. The standard InChI is InChI=1S/C23H27N3O5/c1-26-21(15-8-10-16(31-3)11-9-15)20(17-6-4-5-7-18(17)23(26)29)22(28)25-14-19(27)24-12-13-30-2/h4-11,20-21H,12-14H2,1-3H3,(H,24,27)(H,25,28)/t20-,21-/m1/s1. The Bertz CT molecular complexity index is 944. The lowest BCUT2D eigenvalue weighted by molar-refractivity contribution is -0.128. The van der Waals surface area contributed by atoms with Gasteiger partial charge in [-0.1, -0.05) is 30.3 Å². The van der Waals surface area contributed by atoms with E-state index in [1.165, 1.54) is 0 Å². The van der Waals surface area contributed by atoms with Crippen LogP contribution < -0.4 is 15.4 Å². The Morgan fingerprint density at radius 1 is 1.03 bits per heavy atom. The van der Waals surface area contributed by atoms with Crippen LogP contribution in [0.25, 0.3) is 0 Å². The molecule has 164 valence electrons. The third kappa shape index (κ3) is 4.86. The van der Waals surface area contributed by atoms with E-state index in [0.29, 0.717) is 30.0 Å². The molecule has 0 aliphatic carbocycles. The number of fused-ring (bicyclic) bond motifs is 1. The van der Waals surface area contributed by atoms with Crippen LogP contribution in [0.4, 0.5) is 0 Å². The minimum atomic E-state index is -0.668. The maximum absolute atomic E-state index is 13.3. The second kappa shape index (κ2) is 10.1. The molecular formula is C23H27N3O5. The van der Waals surface area contributed by atoms with Crippen LogP contribution in [0.3, 0.4) is 0 Å². The number of likely N-dealkylation sites (N-methyl/N-ethyl adjacent to an activating group) is 1. The molecular weight excluding hydrogens is 398 g/mol. The molecule has 0 fully saturated rings. The van der Waals surface area contributed by atoms with E-state index in [2.05, 4.69) is 10.6 Å². The Morgan fingerprint density at radius 2 is 1.74 bits per heavy atom. The van der Waals surface area contributed by atoms with Crippen LogP contribution in [0.2, 0.25) is 0 Å². The number of benzene rings is 2. The highest BCUT2D eigenvalue weighted by Crippen LogP contribution is 2.42. The van der Waals surface area contributed by atoms with Crippen molar-refractivity contribution in [3.63, 3.8) is 0 Å². The topological polar surface area (TPSA) is 97.0 Å². The first-order chi connectivity index (χ1) is 15.0. The van der Waals surface area contributed by atoms with Crippen LogP contribution in [0.5, 0.6) is 5.75 Å². The second-order valence-electron chi connectivity index (χ2n) is 7.26. The van der Waals surface area contributed by atoms with Gasteiger partial charge in [-0.3, -0.25) is 14.4 Å². The fourth-order valence-electron chi connectivity index (χ4n) is 3.81. The summed E-state index contributed by atoms with van der Waals surface area (Å²) in [6, 6.07) is 13.9. The summed E-state index contributed by atoms with van der Waals surface area (Å²) < 4.78 is 10.1. The molecule has 31 heavy (non-hydrogen) atoms. The molecule has 0 spiro atoms. The summed E-state index contributed by atoms with van der Waals surface area (Å²) in [6.07, 6.45) is 0. The van der Waals surface area contributed by atoms with E-state index in [9.17, 15) is 14.4 Å². The molecule has 2 aromatic rings. The molecule has 0 bridgehead atoms. The second-order valence-corrected chi connectivity index (χ2v) is 7.26. The highest BCUT2D eigenvalue weighted by Gasteiger charge is 2.42. The lowest BCUT2D eigenvalue weighted by Crippen LogP contribution is -2.47. The zero-order valence-corrected chi connectivity index (χ0v) is 17.9. The molecule has 8 nitrogen and oxygen atoms in total. The number of carbonyl (C=O) groups excluding carboxylic acids is 3. The van der Waals surface area contributed by atoms with E-state index in [1.807, 2.05) is 12.1 Å². The average Bonchev–Trinajstić information content (AvgIpc) is 2.80.